The minimum atomic E-state index is -0.950. The fourth-order valence-corrected chi connectivity index (χ4v) is 2.74. The van der Waals surface area contributed by atoms with Gasteiger partial charge in [-0.1, -0.05) is 0 Å². The summed E-state index contributed by atoms with van der Waals surface area (Å²) in [5.74, 6) is 0.591. The van der Waals surface area contributed by atoms with E-state index in [0.29, 0.717) is 23.8 Å². The molecule has 3 rings (SSSR count). The first kappa shape index (κ1) is 13.4. The number of aliphatic hydroxyl groups is 1. The summed E-state index contributed by atoms with van der Waals surface area (Å²) in [6.07, 6.45) is 1.45. The molecule has 0 saturated heterocycles. The Labute approximate surface area is 118 Å². The van der Waals surface area contributed by atoms with Gasteiger partial charge in [-0.25, -0.2) is 4.79 Å². The van der Waals surface area contributed by atoms with Gasteiger partial charge in [0, 0.05) is 19.7 Å². The summed E-state index contributed by atoms with van der Waals surface area (Å²) in [7, 11) is 3.39. The van der Waals surface area contributed by atoms with Crippen molar-refractivity contribution in [3.8, 4) is 0 Å². The third-order valence-corrected chi connectivity index (χ3v) is 4.10. The summed E-state index contributed by atoms with van der Waals surface area (Å²) < 4.78 is 5.33. The van der Waals surface area contributed by atoms with E-state index < -0.39 is 6.29 Å². The number of aliphatic hydroxyl groups excluding tert-OH is 1. The van der Waals surface area contributed by atoms with E-state index in [0.717, 1.165) is 5.56 Å². The minimum absolute atomic E-state index is 0.197. The predicted molar refractivity (Wildman–Crippen MR) is 75.6 cm³/mol. The van der Waals surface area contributed by atoms with Crippen LogP contribution in [-0.2, 0) is 11.3 Å². The lowest BCUT2D eigenvalue weighted by atomic mass is 9.94. The van der Waals surface area contributed by atoms with Gasteiger partial charge in [0.25, 0.3) is 0 Å². The fraction of sp³-hybridized carbons (Fsp3) is 0.533. The number of benzene rings is 1. The number of ether oxygens (including phenoxy) is 1. The molecule has 5 heteroatoms. The Bertz CT molecular complexity index is 565. The van der Waals surface area contributed by atoms with Crippen LogP contribution in [0.25, 0.3) is 0 Å². The van der Waals surface area contributed by atoms with Crippen molar-refractivity contribution in [1.82, 2.24) is 4.90 Å². The van der Waals surface area contributed by atoms with Crippen LogP contribution in [0.15, 0.2) is 6.07 Å². The molecule has 1 saturated carbocycles. The number of nitrogens with one attached hydrogen (secondary N) is 1. The van der Waals surface area contributed by atoms with Crippen LogP contribution in [0.5, 0.6) is 0 Å². The summed E-state index contributed by atoms with van der Waals surface area (Å²) in [4.78, 5) is 13.4. The normalized spacial score (nSPS) is 20.7. The molecule has 20 heavy (non-hydrogen) atoms. The average molecular weight is 276 g/mol. The Morgan fingerprint density at radius 3 is 2.75 bits per heavy atom. The van der Waals surface area contributed by atoms with Crippen LogP contribution in [0.2, 0.25) is 0 Å². The number of nitrogens with zero attached hydrogens (tertiary/aromatic N) is 1. The number of carbonyl (C=O) groups excluding carboxylic acids is 1. The average Bonchev–Trinajstić information content (AvgIpc) is 3.16. The second-order valence-corrected chi connectivity index (χ2v) is 5.79. The highest BCUT2D eigenvalue weighted by atomic mass is 16.6. The Hall–Kier alpha value is -1.59. The Kier molecular flexibility index (Phi) is 3.18. The number of urea groups is 1. The highest BCUT2D eigenvalue weighted by Gasteiger charge is 2.33. The molecule has 1 aliphatic heterocycles. The first-order valence-electron chi connectivity index (χ1n) is 6.93. The molecule has 1 heterocycles. The summed E-state index contributed by atoms with van der Waals surface area (Å²) in [5.41, 5.74) is 4.88. The van der Waals surface area contributed by atoms with Crippen LogP contribution in [0.3, 0.4) is 0 Å². The number of amides is 2. The van der Waals surface area contributed by atoms with Gasteiger partial charge in [0.05, 0.1) is 12.3 Å². The SMILES string of the molecule is Cc1c(C2CC2)cc(NC(=O)N(C)C)c2c1COC2O. The van der Waals surface area contributed by atoms with Gasteiger partial charge in [0.2, 0.25) is 0 Å². The second kappa shape index (κ2) is 4.75. The molecule has 2 N–H and O–H groups in total. The third kappa shape index (κ3) is 2.17. The molecule has 1 aromatic carbocycles. The van der Waals surface area contributed by atoms with Crippen molar-refractivity contribution in [1.29, 1.82) is 0 Å². The van der Waals surface area contributed by atoms with Crippen molar-refractivity contribution in [3.63, 3.8) is 0 Å². The maximum Gasteiger partial charge on any atom is 0.321 e. The lowest BCUT2D eigenvalue weighted by Gasteiger charge is -2.18. The number of hydrogen-bond donors (Lipinski definition) is 2. The predicted octanol–water partition coefficient (Wildman–Crippen LogP) is 2.49. The van der Waals surface area contributed by atoms with Gasteiger partial charge in [-0.2, -0.15) is 0 Å². The quantitative estimate of drug-likeness (QED) is 0.872. The Morgan fingerprint density at radius 1 is 1.45 bits per heavy atom. The number of carbonyl (C=O) groups is 1. The van der Waals surface area contributed by atoms with Gasteiger partial charge in [-0.15, -0.1) is 0 Å². The zero-order valence-corrected chi connectivity index (χ0v) is 12.1. The number of hydrogen-bond acceptors (Lipinski definition) is 3. The first-order valence-corrected chi connectivity index (χ1v) is 6.93. The largest absolute Gasteiger partial charge is 0.364 e. The van der Waals surface area contributed by atoms with Gasteiger partial charge >= 0.3 is 6.03 Å². The van der Waals surface area contributed by atoms with E-state index in [9.17, 15) is 9.90 Å². The van der Waals surface area contributed by atoms with Crippen LogP contribution in [-0.4, -0.2) is 30.1 Å². The zero-order chi connectivity index (χ0) is 14.4. The van der Waals surface area contributed by atoms with E-state index in [1.54, 1.807) is 14.1 Å². The Balaban J connectivity index is 2.05. The van der Waals surface area contributed by atoms with E-state index in [2.05, 4.69) is 12.2 Å². The molecular weight excluding hydrogens is 256 g/mol. The summed E-state index contributed by atoms with van der Waals surface area (Å²) in [6, 6.07) is 1.81. The maximum atomic E-state index is 11.9. The van der Waals surface area contributed by atoms with Gasteiger partial charge in [-0.3, -0.25) is 0 Å². The minimum Gasteiger partial charge on any atom is -0.364 e. The first-order chi connectivity index (χ1) is 9.49. The molecule has 1 atom stereocenters. The lowest BCUT2D eigenvalue weighted by molar-refractivity contribution is -0.0915. The molecule has 5 nitrogen and oxygen atoms in total. The Morgan fingerprint density at radius 2 is 2.15 bits per heavy atom. The fourth-order valence-electron chi connectivity index (χ4n) is 2.74. The monoisotopic (exact) mass is 276 g/mol. The van der Waals surface area contributed by atoms with E-state index in [-0.39, 0.29) is 6.03 Å². The molecule has 0 aromatic heterocycles. The topological polar surface area (TPSA) is 61.8 Å². The molecule has 0 radical (unpaired) electrons. The van der Waals surface area contributed by atoms with Crippen molar-refractivity contribution in [2.24, 2.45) is 0 Å². The second-order valence-electron chi connectivity index (χ2n) is 5.79. The van der Waals surface area contributed by atoms with Crippen molar-refractivity contribution in [3.05, 3.63) is 28.3 Å². The number of anilines is 1. The molecular formula is C15H20N2O3. The van der Waals surface area contributed by atoms with E-state index in [4.69, 9.17) is 4.74 Å². The van der Waals surface area contributed by atoms with Crippen LogP contribution < -0.4 is 5.32 Å². The van der Waals surface area contributed by atoms with Gasteiger partial charge in [0.15, 0.2) is 6.29 Å². The lowest BCUT2D eigenvalue weighted by Crippen LogP contribution is -2.28. The van der Waals surface area contributed by atoms with Crippen molar-refractivity contribution >= 4 is 11.7 Å². The van der Waals surface area contributed by atoms with Crippen LogP contribution in [0.4, 0.5) is 10.5 Å². The van der Waals surface area contributed by atoms with Crippen molar-refractivity contribution in [2.45, 2.75) is 38.6 Å². The van der Waals surface area contributed by atoms with E-state index >= 15 is 0 Å². The van der Waals surface area contributed by atoms with Gasteiger partial charge in [0.1, 0.15) is 0 Å². The molecule has 108 valence electrons. The van der Waals surface area contributed by atoms with Gasteiger partial charge in [-0.05, 0) is 48.4 Å². The molecule has 1 aliphatic carbocycles. The molecule has 0 spiro atoms. The standard InChI is InChI=1S/C15H20N2O3/c1-8-10(9-4-5-9)6-12(16-15(19)17(2)3)13-11(8)7-20-14(13)18/h6,9,14,18H,4-5,7H2,1-3H3,(H,16,19). The summed E-state index contributed by atoms with van der Waals surface area (Å²) >= 11 is 0. The third-order valence-electron chi connectivity index (χ3n) is 4.10. The number of rotatable bonds is 2. The van der Waals surface area contributed by atoms with Crippen LogP contribution >= 0.6 is 0 Å². The summed E-state index contributed by atoms with van der Waals surface area (Å²) in [5, 5.41) is 12.9. The number of fused-ring (bicyclic) bond motifs is 1. The van der Waals surface area contributed by atoms with E-state index in [1.807, 2.05) is 6.07 Å². The summed E-state index contributed by atoms with van der Waals surface area (Å²) in [6.45, 7) is 2.49. The molecule has 1 aromatic rings. The van der Waals surface area contributed by atoms with Gasteiger partial charge < -0.3 is 20.1 Å². The van der Waals surface area contributed by atoms with Crippen molar-refractivity contribution in [2.75, 3.05) is 19.4 Å². The molecule has 2 aliphatic rings. The zero-order valence-electron chi connectivity index (χ0n) is 12.1. The highest BCUT2D eigenvalue weighted by molar-refractivity contribution is 5.90. The highest BCUT2D eigenvalue weighted by Crippen LogP contribution is 2.47. The van der Waals surface area contributed by atoms with Crippen LogP contribution in [0, 0.1) is 6.92 Å². The molecule has 1 unspecified atom stereocenters. The molecule has 2 amide bonds. The smallest absolute Gasteiger partial charge is 0.321 e. The molecule has 0 bridgehead atoms. The van der Waals surface area contributed by atoms with Crippen molar-refractivity contribution < 1.29 is 14.6 Å². The van der Waals surface area contributed by atoms with Crippen LogP contribution in [0.1, 0.15) is 47.3 Å². The maximum absolute atomic E-state index is 11.9. The molecule has 1 fully saturated rings. The van der Waals surface area contributed by atoms with E-state index in [1.165, 1.54) is 28.9 Å².